The highest BCUT2D eigenvalue weighted by atomic mass is 19.2. The van der Waals surface area contributed by atoms with Gasteiger partial charge in [-0.05, 0) is 31.5 Å². The molecule has 0 heterocycles. The third-order valence-corrected chi connectivity index (χ3v) is 2.54. The Morgan fingerprint density at radius 1 is 1.35 bits per heavy atom. The van der Waals surface area contributed by atoms with Gasteiger partial charge in [-0.2, -0.15) is 0 Å². The molecule has 0 saturated heterocycles. The molecular weight excluding hydrogens is 224 g/mol. The van der Waals surface area contributed by atoms with E-state index >= 15 is 0 Å². The second-order valence-corrected chi connectivity index (χ2v) is 4.56. The number of hydrogen-bond acceptors (Lipinski definition) is 2. The van der Waals surface area contributed by atoms with Crippen molar-refractivity contribution in [3.05, 3.63) is 35.4 Å². The normalized spacial score (nSPS) is 14.6. The van der Waals surface area contributed by atoms with E-state index in [1.165, 1.54) is 12.1 Å². The molecule has 2 nitrogen and oxygen atoms in total. The van der Waals surface area contributed by atoms with E-state index in [0.29, 0.717) is 6.54 Å². The highest BCUT2D eigenvalue weighted by Gasteiger charge is 2.22. The average molecular weight is 243 g/mol. The van der Waals surface area contributed by atoms with Gasteiger partial charge in [-0.1, -0.05) is 19.1 Å². The zero-order chi connectivity index (χ0) is 12.9. The van der Waals surface area contributed by atoms with Gasteiger partial charge in [0.2, 0.25) is 0 Å². The Bertz CT molecular complexity index is 366. The molecule has 1 aromatic rings. The molecule has 0 amide bonds. The maximum Gasteiger partial charge on any atom is 0.162 e. The molecule has 0 aromatic heterocycles. The van der Waals surface area contributed by atoms with Crippen LogP contribution < -0.4 is 5.32 Å². The first kappa shape index (κ1) is 14.1. The van der Waals surface area contributed by atoms with E-state index in [9.17, 15) is 13.9 Å². The highest BCUT2D eigenvalue weighted by Crippen LogP contribution is 2.17. The molecule has 0 aliphatic carbocycles. The van der Waals surface area contributed by atoms with Crippen molar-refractivity contribution >= 4 is 0 Å². The molecule has 0 aliphatic heterocycles. The van der Waals surface area contributed by atoms with Crippen molar-refractivity contribution < 1.29 is 13.9 Å². The maximum atomic E-state index is 13.4. The van der Waals surface area contributed by atoms with Crippen molar-refractivity contribution in [2.45, 2.75) is 32.3 Å². The summed E-state index contributed by atoms with van der Waals surface area (Å²) >= 11 is 0. The molecule has 4 heteroatoms. The summed E-state index contributed by atoms with van der Waals surface area (Å²) in [6.45, 7) is 4.78. The zero-order valence-electron chi connectivity index (χ0n) is 10.3. The van der Waals surface area contributed by atoms with Crippen LogP contribution in [-0.4, -0.2) is 23.8 Å². The van der Waals surface area contributed by atoms with E-state index in [-0.39, 0.29) is 12.0 Å². The number of benzene rings is 1. The van der Waals surface area contributed by atoms with E-state index in [2.05, 4.69) is 5.32 Å². The Balaban J connectivity index is 2.65. The van der Waals surface area contributed by atoms with Crippen molar-refractivity contribution in [2.24, 2.45) is 0 Å². The fraction of sp³-hybridized carbons (Fsp3) is 0.538. The summed E-state index contributed by atoms with van der Waals surface area (Å²) in [5.41, 5.74) is -0.877. The van der Waals surface area contributed by atoms with Gasteiger partial charge >= 0.3 is 0 Å². The molecule has 1 aromatic carbocycles. The standard InChI is InChI=1S/C13H19F2NO/c1-3-7-16-9-13(2,17)8-10-5-4-6-11(14)12(10)15/h4-6,16-17H,3,7-9H2,1-2H3. The van der Waals surface area contributed by atoms with Crippen LogP contribution in [0, 0.1) is 11.6 Å². The maximum absolute atomic E-state index is 13.4. The summed E-state index contributed by atoms with van der Waals surface area (Å²) in [7, 11) is 0. The second kappa shape index (κ2) is 6.07. The first-order valence-electron chi connectivity index (χ1n) is 5.82. The number of hydrogen-bond donors (Lipinski definition) is 2. The first-order chi connectivity index (χ1) is 7.96. The highest BCUT2D eigenvalue weighted by molar-refractivity contribution is 5.20. The number of halogens is 2. The lowest BCUT2D eigenvalue weighted by Crippen LogP contribution is -2.40. The Hall–Kier alpha value is -1.00. The summed E-state index contributed by atoms with van der Waals surface area (Å²) in [5, 5.41) is 13.1. The van der Waals surface area contributed by atoms with Gasteiger partial charge in [0, 0.05) is 13.0 Å². The number of aliphatic hydroxyl groups is 1. The third kappa shape index (κ3) is 4.40. The summed E-state index contributed by atoms with van der Waals surface area (Å²) in [6.07, 6.45) is 1.05. The number of nitrogens with one attached hydrogen (secondary N) is 1. The van der Waals surface area contributed by atoms with Crippen LogP contribution in [-0.2, 0) is 6.42 Å². The Morgan fingerprint density at radius 2 is 2.06 bits per heavy atom. The van der Waals surface area contributed by atoms with Crippen molar-refractivity contribution in [3.63, 3.8) is 0 Å². The molecule has 0 saturated carbocycles. The van der Waals surface area contributed by atoms with Crippen molar-refractivity contribution in [2.75, 3.05) is 13.1 Å². The Labute approximate surface area is 101 Å². The minimum Gasteiger partial charge on any atom is -0.389 e. The van der Waals surface area contributed by atoms with E-state index in [0.717, 1.165) is 19.0 Å². The van der Waals surface area contributed by atoms with Gasteiger partial charge in [-0.15, -0.1) is 0 Å². The second-order valence-electron chi connectivity index (χ2n) is 4.56. The SMILES string of the molecule is CCCNCC(C)(O)Cc1cccc(F)c1F. The molecule has 96 valence electrons. The van der Waals surface area contributed by atoms with Crippen LogP contribution in [0.25, 0.3) is 0 Å². The van der Waals surface area contributed by atoms with Gasteiger partial charge in [0.05, 0.1) is 5.60 Å². The van der Waals surface area contributed by atoms with Gasteiger partial charge in [0.25, 0.3) is 0 Å². The van der Waals surface area contributed by atoms with Gasteiger partial charge in [0.1, 0.15) is 0 Å². The summed E-state index contributed by atoms with van der Waals surface area (Å²) < 4.78 is 26.4. The molecule has 17 heavy (non-hydrogen) atoms. The van der Waals surface area contributed by atoms with Crippen molar-refractivity contribution in [3.8, 4) is 0 Å². The van der Waals surface area contributed by atoms with Crippen LogP contribution in [0.4, 0.5) is 8.78 Å². The molecular formula is C13H19F2NO. The summed E-state index contributed by atoms with van der Waals surface area (Å²) in [4.78, 5) is 0. The fourth-order valence-corrected chi connectivity index (χ4v) is 1.69. The molecule has 1 atom stereocenters. The minimum absolute atomic E-state index is 0.0906. The van der Waals surface area contributed by atoms with Crippen LogP contribution in [0.3, 0.4) is 0 Å². The van der Waals surface area contributed by atoms with Crippen LogP contribution in [0.1, 0.15) is 25.8 Å². The van der Waals surface area contributed by atoms with Crippen molar-refractivity contribution in [1.82, 2.24) is 5.32 Å². The van der Waals surface area contributed by atoms with Crippen LogP contribution in [0.5, 0.6) is 0 Å². The van der Waals surface area contributed by atoms with Crippen molar-refractivity contribution in [1.29, 1.82) is 0 Å². The lowest BCUT2D eigenvalue weighted by atomic mass is 9.96. The smallest absolute Gasteiger partial charge is 0.162 e. The molecule has 0 spiro atoms. The molecule has 0 aliphatic rings. The quantitative estimate of drug-likeness (QED) is 0.751. The van der Waals surface area contributed by atoms with E-state index in [1.54, 1.807) is 6.92 Å². The van der Waals surface area contributed by atoms with E-state index < -0.39 is 17.2 Å². The van der Waals surface area contributed by atoms with Gasteiger partial charge < -0.3 is 10.4 Å². The fourth-order valence-electron chi connectivity index (χ4n) is 1.69. The van der Waals surface area contributed by atoms with Crippen LogP contribution >= 0.6 is 0 Å². The molecule has 2 N–H and O–H groups in total. The van der Waals surface area contributed by atoms with Gasteiger partial charge in [-0.25, -0.2) is 8.78 Å². The molecule has 0 radical (unpaired) electrons. The molecule has 1 unspecified atom stereocenters. The monoisotopic (exact) mass is 243 g/mol. The first-order valence-corrected chi connectivity index (χ1v) is 5.82. The van der Waals surface area contributed by atoms with Crippen LogP contribution in [0.15, 0.2) is 18.2 Å². The van der Waals surface area contributed by atoms with Crippen LogP contribution in [0.2, 0.25) is 0 Å². The van der Waals surface area contributed by atoms with E-state index in [4.69, 9.17) is 0 Å². The predicted molar refractivity (Wildman–Crippen MR) is 63.8 cm³/mol. The van der Waals surface area contributed by atoms with E-state index in [1.807, 2.05) is 6.92 Å². The Morgan fingerprint density at radius 3 is 2.71 bits per heavy atom. The zero-order valence-corrected chi connectivity index (χ0v) is 10.3. The summed E-state index contributed by atoms with van der Waals surface area (Å²) in [6, 6.07) is 4.01. The molecule has 1 rings (SSSR count). The lowest BCUT2D eigenvalue weighted by molar-refractivity contribution is 0.0593. The number of rotatable bonds is 6. The average Bonchev–Trinajstić information content (AvgIpc) is 2.25. The molecule has 0 bridgehead atoms. The molecule has 0 fully saturated rings. The Kier molecular flexibility index (Phi) is 5.02. The summed E-state index contributed by atoms with van der Waals surface area (Å²) in [5.74, 6) is -1.75. The predicted octanol–water partition coefficient (Wildman–Crippen LogP) is 2.26. The topological polar surface area (TPSA) is 32.3 Å². The van der Waals surface area contributed by atoms with Gasteiger partial charge in [-0.3, -0.25) is 0 Å². The minimum atomic E-state index is -1.08. The third-order valence-electron chi connectivity index (χ3n) is 2.54. The lowest BCUT2D eigenvalue weighted by Gasteiger charge is -2.24. The largest absolute Gasteiger partial charge is 0.389 e. The van der Waals surface area contributed by atoms with Gasteiger partial charge in [0.15, 0.2) is 11.6 Å².